The third-order valence-electron chi connectivity index (χ3n) is 4.44. The molecule has 0 bridgehead atoms. The van der Waals surface area contributed by atoms with Gasteiger partial charge in [0.05, 0.1) is 5.02 Å². The lowest BCUT2D eigenvalue weighted by atomic mass is 10.2. The Kier molecular flexibility index (Phi) is 5.44. The average Bonchev–Trinajstić information content (AvgIpc) is 3.36. The Labute approximate surface area is 171 Å². The van der Waals surface area contributed by atoms with Crippen LogP contribution in [0.1, 0.15) is 12.8 Å². The number of rotatable bonds is 6. The summed E-state index contributed by atoms with van der Waals surface area (Å²) in [6.07, 6.45) is 1.40. The maximum atomic E-state index is 12.2. The van der Waals surface area contributed by atoms with Gasteiger partial charge in [-0.1, -0.05) is 29.8 Å². The average molecular weight is 412 g/mol. The van der Waals surface area contributed by atoms with Crippen molar-refractivity contribution in [1.82, 2.24) is 15.2 Å². The van der Waals surface area contributed by atoms with Crippen molar-refractivity contribution in [2.24, 2.45) is 0 Å². The van der Waals surface area contributed by atoms with Crippen molar-refractivity contribution in [3.63, 3.8) is 0 Å². The number of hydrogen-bond donors (Lipinski definition) is 2. The van der Waals surface area contributed by atoms with Crippen molar-refractivity contribution >= 4 is 35.1 Å². The Morgan fingerprint density at radius 2 is 2.10 bits per heavy atom. The first kappa shape index (κ1) is 18.9. The molecule has 1 fully saturated rings. The number of ether oxygens (including phenoxy) is 1. The molecule has 1 saturated heterocycles. The van der Waals surface area contributed by atoms with Gasteiger partial charge in [0, 0.05) is 30.3 Å². The van der Waals surface area contributed by atoms with Crippen LogP contribution in [0.25, 0.3) is 11.4 Å². The van der Waals surface area contributed by atoms with Gasteiger partial charge in [0.2, 0.25) is 11.9 Å². The van der Waals surface area contributed by atoms with Gasteiger partial charge in [-0.3, -0.25) is 20.0 Å². The van der Waals surface area contributed by atoms with Crippen molar-refractivity contribution in [3.8, 4) is 17.1 Å². The normalized spacial score (nSPS) is 13.6. The van der Waals surface area contributed by atoms with Crippen LogP contribution in [0.4, 0.5) is 11.6 Å². The molecule has 3 aromatic rings. The molecule has 0 spiro atoms. The summed E-state index contributed by atoms with van der Waals surface area (Å²) in [4.78, 5) is 30.0. The summed E-state index contributed by atoms with van der Waals surface area (Å²) in [6.45, 7) is 0.481. The van der Waals surface area contributed by atoms with Gasteiger partial charge < -0.3 is 9.64 Å². The number of benzene rings is 2. The van der Waals surface area contributed by atoms with E-state index in [1.165, 1.54) is 0 Å². The van der Waals surface area contributed by atoms with E-state index >= 15 is 0 Å². The van der Waals surface area contributed by atoms with Crippen LogP contribution in [0, 0.1) is 0 Å². The van der Waals surface area contributed by atoms with Crippen LogP contribution in [0.15, 0.2) is 48.5 Å². The lowest BCUT2D eigenvalue weighted by Crippen LogP contribution is -2.24. The number of carbonyl (C=O) groups excluding carboxylic acids is 2. The summed E-state index contributed by atoms with van der Waals surface area (Å²) in [5, 5.41) is 9.83. The van der Waals surface area contributed by atoms with Gasteiger partial charge in [0.25, 0.3) is 5.91 Å². The maximum absolute atomic E-state index is 12.2. The van der Waals surface area contributed by atoms with Crippen LogP contribution in [0.5, 0.6) is 5.75 Å². The van der Waals surface area contributed by atoms with E-state index in [0.29, 0.717) is 35.1 Å². The van der Waals surface area contributed by atoms with Gasteiger partial charge in [-0.25, -0.2) is 0 Å². The molecule has 2 aromatic carbocycles. The highest BCUT2D eigenvalue weighted by Gasteiger charge is 2.22. The molecule has 2 amide bonds. The molecule has 1 aliphatic rings. The Morgan fingerprint density at radius 1 is 1.24 bits per heavy atom. The number of nitrogens with zero attached hydrogens (tertiary/aromatic N) is 3. The van der Waals surface area contributed by atoms with E-state index in [2.05, 4.69) is 20.5 Å². The smallest absolute Gasteiger partial charge is 0.264 e. The number of H-pyrrole nitrogens is 1. The molecule has 4 rings (SSSR count). The highest BCUT2D eigenvalue weighted by molar-refractivity contribution is 6.33. The minimum Gasteiger partial charge on any atom is -0.484 e. The fourth-order valence-corrected chi connectivity index (χ4v) is 3.29. The van der Waals surface area contributed by atoms with Crippen molar-refractivity contribution in [2.75, 3.05) is 23.4 Å². The summed E-state index contributed by atoms with van der Waals surface area (Å²) in [6, 6.07) is 14.3. The van der Waals surface area contributed by atoms with Gasteiger partial charge in [0.15, 0.2) is 12.4 Å². The SMILES string of the molecule is O=C(COc1cccc(N2CCCC2=O)c1)Nc1n[nH]c(-c2ccccc2Cl)n1. The highest BCUT2D eigenvalue weighted by atomic mass is 35.5. The van der Waals surface area contributed by atoms with E-state index in [0.717, 1.165) is 12.1 Å². The number of anilines is 2. The van der Waals surface area contributed by atoms with Gasteiger partial charge >= 0.3 is 0 Å². The molecular weight excluding hydrogens is 394 g/mol. The number of carbonyl (C=O) groups is 2. The minimum atomic E-state index is -0.405. The predicted molar refractivity (Wildman–Crippen MR) is 109 cm³/mol. The van der Waals surface area contributed by atoms with Crippen LogP contribution < -0.4 is 15.0 Å². The lowest BCUT2D eigenvalue weighted by molar-refractivity contribution is -0.118. The van der Waals surface area contributed by atoms with Crippen molar-refractivity contribution in [1.29, 1.82) is 0 Å². The monoisotopic (exact) mass is 411 g/mol. The lowest BCUT2D eigenvalue weighted by Gasteiger charge is -2.16. The van der Waals surface area contributed by atoms with Crippen molar-refractivity contribution < 1.29 is 14.3 Å². The van der Waals surface area contributed by atoms with Crippen molar-refractivity contribution in [3.05, 3.63) is 53.6 Å². The fraction of sp³-hybridized carbons (Fsp3) is 0.200. The predicted octanol–water partition coefficient (Wildman–Crippen LogP) is 3.27. The fourth-order valence-electron chi connectivity index (χ4n) is 3.06. The van der Waals surface area contributed by atoms with E-state index in [1.807, 2.05) is 18.2 Å². The van der Waals surface area contributed by atoms with Crippen molar-refractivity contribution in [2.45, 2.75) is 12.8 Å². The van der Waals surface area contributed by atoms with E-state index < -0.39 is 5.91 Å². The van der Waals surface area contributed by atoms with E-state index in [9.17, 15) is 9.59 Å². The summed E-state index contributed by atoms with van der Waals surface area (Å²) in [7, 11) is 0. The molecule has 8 nitrogen and oxygen atoms in total. The molecule has 0 saturated carbocycles. The molecule has 1 aromatic heterocycles. The second kappa shape index (κ2) is 8.32. The summed E-state index contributed by atoms with van der Waals surface area (Å²) >= 11 is 6.14. The topological polar surface area (TPSA) is 100 Å². The Bertz CT molecular complexity index is 1050. The zero-order valence-electron chi connectivity index (χ0n) is 15.4. The first-order chi connectivity index (χ1) is 14.1. The second-order valence-electron chi connectivity index (χ2n) is 6.47. The van der Waals surface area contributed by atoms with Gasteiger partial charge in [-0.2, -0.15) is 4.98 Å². The maximum Gasteiger partial charge on any atom is 0.264 e. The summed E-state index contributed by atoms with van der Waals surface area (Å²) in [5.41, 5.74) is 1.45. The first-order valence-corrected chi connectivity index (χ1v) is 9.48. The number of hydrogen-bond acceptors (Lipinski definition) is 5. The third kappa shape index (κ3) is 4.38. The molecule has 1 aliphatic heterocycles. The minimum absolute atomic E-state index is 0.0961. The molecule has 0 radical (unpaired) electrons. The quantitative estimate of drug-likeness (QED) is 0.648. The highest BCUT2D eigenvalue weighted by Crippen LogP contribution is 2.26. The molecule has 0 atom stereocenters. The molecule has 148 valence electrons. The van der Waals surface area contributed by atoms with E-state index in [-0.39, 0.29) is 18.5 Å². The first-order valence-electron chi connectivity index (χ1n) is 9.10. The zero-order valence-corrected chi connectivity index (χ0v) is 16.1. The summed E-state index contributed by atoms with van der Waals surface area (Å²) < 4.78 is 5.55. The molecule has 0 aliphatic carbocycles. The Morgan fingerprint density at radius 3 is 2.90 bits per heavy atom. The molecule has 2 N–H and O–H groups in total. The number of aromatic nitrogens is 3. The standard InChI is InChI=1S/C20H18ClN5O3/c21-16-8-2-1-7-15(16)19-23-20(25-24-19)22-17(27)12-29-14-6-3-5-13(11-14)26-10-4-9-18(26)28/h1-3,5-8,11H,4,9-10,12H2,(H2,22,23,24,25,27). The summed E-state index contributed by atoms with van der Waals surface area (Å²) in [5.74, 6) is 0.778. The number of amides is 2. The molecule has 29 heavy (non-hydrogen) atoms. The van der Waals surface area contributed by atoms with Crippen LogP contribution in [-0.2, 0) is 9.59 Å². The molecule has 0 unspecified atom stereocenters. The number of aromatic amines is 1. The van der Waals surface area contributed by atoms with Crippen LogP contribution in [-0.4, -0.2) is 40.1 Å². The van der Waals surface area contributed by atoms with E-state index in [1.54, 1.807) is 35.2 Å². The van der Waals surface area contributed by atoms with Gasteiger partial charge in [0.1, 0.15) is 5.75 Å². The van der Waals surface area contributed by atoms with Crippen LogP contribution >= 0.6 is 11.6 Å². The molecule has 9 heteroatoms. The third-order valence-corrected chi connectivity index (χ3v) is 4.77. The number of nitrogens with one attached hydrogen (secondary N) is 2. The zero-order chi connectivity index (χ0) is 20.2. The van der Waals surface area contributed by atoms with Crippen LogP contribution in [0.2, 0.25) is 5.02 Å². The molecule has 2 heterocycles. The molecular formula is C20H18ClN5O3. The van der Waals surface area contributed by atoms with Gasteiger partial charge in [-0.15, -0.1) is 5.10 Å². The number of halogens is 1. The largest absolute Gasteiger partial charge is 0.484 e. The Hall–Kier alpha value is -3.39. The van der Waals surface area contributed by atoms with E-state index in [4.69, 9.17) is 16.3 Å². The van der Waals surface area contributed by atoms with Gasteiger partial charge in [-0.05, 0) is 30.7 Å². The van der Waals surface area contributed by atoms with Crippen LogP contribution in [0.3, 0.4) is 0 Å². The second-order valence-corrected chi connectivity index (χ2v) is 6.88. The Balaban J connectivity index is 1.35.